The van der Waals surface area contributed by atoms with Crippen molar-refractivity contribution in [1.82, 2.24) is 4.90 Å². The summed E-state index contributed by atoms with van der Waals surface area (Å²) in [7, 11) is 2.98. The van der Waals surface area contributed by atoms with Crippen LogP contribution in [-0.2, 0) is 9.16 Å². The van der Waals surface area contributed by atoms with Gasteiger partial charge in [0.05, 0.1) is 12.3 Å². The maximum absolute atomic E-state index is 5.33. The van der Waals surface area contributed by atoms with E-state index in [2.05, 4.69) is 23.6 Å². The third-order valence-electron chi connectivity index (χ3n) is 1.84. The molecule has 3 nitrogen and oxygen atoms in total. The molecule has 0 heterocycles. The van der Waals surface area contributed by atoms with Gasteiger partial charge in [-0.05, 0) is 13.8 Å². The molecule has 0 aliphatic carbocycles. The highest BCUT2D eigenvalue weighted by atomic mass is 28.2. The first-order valence-electron chi connectivity index (χ1n) is 4.85. The first-order valence-corrected chi connectivity index (χ1v) is 5.26. The zero-order valence-electron chi connectivity index (χ0n) is 9.45. The van der Waals surface area contributed by atoms with E-state index >= 15 is 0 Å². The fourth-order valence-corrected chi connectivity index (χ4v) is 1.33. The van der Waals surface area contributed by atoms with Crippen LogP contribution in [0.5, 0.6) is 0 Å². The smallest absolute Gasteiger partial charge is 0.345 e. The van der Waals surface area contributed by atoms with Gasteiger partial charge < -0.3 is 14.1 Å². The van der Waals surface area contributed by atoms with Crippen molar-refractivity contribution in [2.24, 2.45) is 0 Å². The van der Waals surface area contributed by atoms with Crippen LogP contribution in [0.1, 0.15) is 13.8 Å². The molecule has 15 heavy (non-hydrogen) atoms. The van der Waals surface area contributed by atoms with Gasteiger partial charge in [0.25, 0.3) is 5.95 Å². The molecule has 0 N–H and O–H groups in total. The summed E-state index contributed by atoms with van der Waals surface area (Å²) in [6, 6.07) is 0. The van der Waals surface area contributed by atoms with Crippen molar-refractivity contribution in [3.8, 4) is 0 Å². The number of allylic oxidation sites excluding steroid dienone is 1. The molecule has 0 aromatic rings. The van der Waals surface area contributed by atoms with Crippen LogP contribution in [0.3, 0.4) is 0 Å². The normalized spacial score (nSPS) is 11.4. The van der Waals surface area contributed by atoms with Gasteiger partial charge >= 0.3 is 10.5 Å². The van der Waals surface area contributed by atoms with E-state index in [0.717, 1.165) is 18.8 Å². The summed E-state index contributed by atoms with van der Waals surface area (Å²) in [5.41, 5.74) is 0.909. The minimum Gasteiger partial charge on any atom is -0.515 e. The zero-order valence-corrected chi connectivity index (χ0v) is 10.5. The van der Waals surface area contributed by atoms with Gasteiger partial charge in [0, 0.05) is 13.1 Å². The predicted molar refractivity (Wildman–Crippen MR) is 63.1 cm³/mol. The molecule has 0 rings (SSSR count). The van der Waals surface area contributed by atoms with Crippen molar-refractivity contribution < 1.29 is 9.16 Å². The molecule has 0 fully saturated rings. The van der Waals surface area contributed by atoms with Gasteiger partial charge in [-0.1, -0.05) is 12.2 Å². The molecule has 4 heteroatoms. The van der Waals surface area contributed by atoms with Gasteiger partial charge in [-0.2, -0.15) is 0 Å². The maximum Gasteiger partial charge on any atom is 0.345 e. The number of ether oxygens (including phenoxy) is 1. The molecule has 0 spiro atoms. The summed E-state index contributed by atoms with van der Waals surface area (Å²) < 4.78 is 10.3. The molecule has 0 aliphatic heterocycles. The summed E-state index contributed by atoms with van der Waals surface area (Å²) in [6.45, 7) is 13.3. The first kappa shape index (κ1) is 13.8. The van der Waals surface area contributed by atoms with Crippen LogP contribution >= 0.6 is 0 Å². The number of hydrogen-bond acceptors (Lipinski definition) is 3. The summed E-state index contributed by atoms with van der Waals surface area (Å²) >= 11 is 0. The minimum absolute atomic E-state index is 0.470. The van der Waals surface area contributed by atoms with Crippen LogP contribution < -0.4 is 0 Å². The van der Waals surface area contributed by atoms with E-state index in [1.165, 1.54) is 0 Å². The molecular weight excluding hydrogens is 206 g/mol. The second-order valence-electron chi connectivity index (χ2n) is 2.89. The Kier molecular flexibility index (Phi) is 7.54. The molecule has 0 bridgehead atoms. The van der Waals surface area contributed by atoms with E-state index in [1.807, 2.05) is 30.9 Å². The number of nitrogens with zero attached hydrogens (tertiary/aromatic N) is 1. The highest BCUT2D eigenvalue weighted by molar-refractivity contribution is 5.98. The Morgan fingerprint density at radius 1 is 1.33 bits per heavy atom. The SMILES string of the molecule is C=CCN(CC=C)/C(C)=C(\O[Si])OCC. The van der Waals surface area contributed by atoms with Crippen LogP contribution in [0.4, 0.5) is 0 Å². The van der Waals surface area contributed by atoms with Crippen molar-refractivity contribution in [2.45, 2.75) is 13.8 Å². The molecule has 0 unspecified atom stereocenters. The Balaban J connectivity index is 4.73. The van der Waals surface area contributed by atoms with Gasteiger partial charge in [0.2, 0.25) is 0 Å². The molecular formula is C11H18NO2Si. The van der Waals surface area contributed by atoms with Crippen LogP contribution in [0.25, 0.3) is 0 Å². The average molecular weight is 224 g/mol. The van der Waals surface area contributed by atoms with Crippen LogP contribution in [0.15, 0.2) is 37.0 Å². The quantitative estimate of drug-likeness (QED) is 0.357. The van der Waals surface area contributed by atoms with E-state index in [4.69, 9.17) is 9.16 Å². The lowest BCUT2D eigenvalue weighted by atomic mass is 10.4. The van der Waals surface area contributed by atoms with Gasteiger partial charge in [0.15, 0.2) is 0 Å². The van der Waals surface area contributed by atoms with Gasteiger partial charge in [-0.25, -0.2) is 0 Å². The average Bonchev–Trinajstić information content (AvgIpc) is 2.24. The van der Waals surface area contributed by atoms with E-state index in [9.17, 15) is 0 Å². The molecule has 0 atom stereocenters. The Labute approximate surface area is 95.6 Å². The van der Waals surface area contributed by atoms with Crippen molar-refractivity contribution >= 4 is 10.5 Å². The Bertz CT molecular complexity index is 229. The number of rotatable bonds is 8. The topological polar surface area (TPSA) is 21.7 Å². The van der Waals surface area contributed by atoms with Gasteiger partial charge in [-0.15, -0.1) is 13.2 Å². The van der Waals surface area contributed by atoms with Crippen molar-refractivity contribution in [3.05, 3.63) is 37.0 Å². The standard InChI is InChI=1S/C11H18NO2Si/c1-5-8-12(9-6-2)10(4)11(14-15)13-7-3/h5-6H,1-2,7-9H2,3-4H3/b11-10-. The van der Waals surface area contributed by atoms with Crippen molar-refractivity contribution in [2.75, 3.05) is 19.7 Å². The lowest BCUT2D eigenvalue weighted by Gasteiger charge is -2.24. The molecule has 0 amide bonds. The molecule has 0 aliphatic rings. The van der Waals surface area contributed by atoms with Gasteiger partial charge in [0.1, 0.15) is 0 Å². The fraction of sp³-hybridized carbons (Fsp3) is 0.455. The highest BCUT2D eigenvalue weighted by Crippen LogP contribution is 2.11. The predicted octanol–water partition coefficient (Wildman–Crippen LogP) is 1.99. The second kappa shape index (κ2) is 8.17. The highest BCUT2D eigenvalue weighted by Gasteiger charge is 2.09. The Hall–Kier alpha value is -1.16. The molecule has 0 aromatic heterocycles. The van der Waals surface area contributed by atoms with E-state index in [1.54, 1.807) is 0 Å². The Morgan fingerprint density at radius 3 is 2.20 bits per heavy atom. The van der Waals surface area contributed by atoms with Crippen molar-refractivity contribution in [1.29, 1.82) is 0 Å². The summed E-state index contributed by atoms with van der Waals surface area (Å²) in [5.74, 6) is 0.470. The summed E-state index contributed by atoms with van der Waals surface area (Å²) in [6.07, 6.45) is 3.65. The molecule has 83 valence electrons. The number of hydrogen-bond donors (Lipinski definition) is 0. The van der Waals surface area contributed by atoms with E-state index in [-0.39, 0.29) is 0 Å². The lowest BCUT2D eigenvalue weighted by molar-refractivity contribution is 0.108. The largest absolute Gasteiger partial charge is 0.515 e. The van der Waals surface area contributed by atoms with E-state index in [0.29, 0.717) is 12.6 Å². The third kappa shape index (κ3) is 4.74. The second-order valence-corrected chi connectivity index (χ2v) is 3.09. The summed E-state index contributed by atoms with van der Waals surface area (Å²) in [5, 5.41) is 0. The first-order chi connectivity index (χ1) is 7.21. The Morgan fingerprint density at radius 2 is 1.87 bits per heavy atom. The molecule has 0 aromatic carbocycles. The van der Waals surface area contributed by atoms with Crippen LogP contribution in [-0.4, -0.2) is 35.1 Å². The maximum atomic E-state index is 5.33. The van der Waals surface area contributed by atoms with Crippen molar-refractivity contribution in [3.63, 3.8) is 0 Å². The van der Waals surface area contributed by atoms with Crippen LogP contribution in [0.2, 0.25) is 0 Å². The molecule has 0 saturated heterocycles. The zero-order chi connectivity index (χ0) is 11.7. The van der Waals surface area contributed by atoms with E-state index < -0.39 is 0 Å². The van der Waals surface area contributed by atoms with Crippen LogP contribution in [0, 0.1) is 0 Å². The molecule has 0 saturated carbocycles. The van der Waals surface area contributed by atoms with Gasteiger partial charge in [-0.3, -0.25) is 0 Å². The summed E-state index contributed by atoms with van der Waals surface area (Å²) in [4.78, 5) is 2.05. The third-order valence-corrected chi connectivity index (χ3v) is 2.02. The minimum atomic E-state index is 0.470. The lowest BCUT2D eigenvalue weighted by Crippen LogP contribution is -2.24. The fourth-order valence-electron chi connectivity index (χ4n) is 1.13. The monoisotopic (exact) mass is 224 g/mol. The molecule has 3 radical (unpaired) electrons.